The Bertz CT molecular complexity index is 1010. The third kappa shape index (κ3) is 2.30. The quantitative estimate of drug-likeness (QED) is 0.543. The molecule has 1 aromatic carbocycles. The molecule has 1 amide bonds. The van der Waals surface area contributed by atoms with Crippen molar-refractivity contribution in [1.29, 1.82) is 0 Å². The maximum absolute atomic E-state index is 12.5. The Morgan fingerprint density at radius 2 is 2.22 bits per heavy atom. The fourth-order valence-electron chi connectivity index (χ4n) is 2.75. The molecule has 0 saturated carbocycles. The smallest absolute Gasteiger partial charge is 0.255 e. The van der Waals surface area contributed by atoms with Crippen LogP contribution in [0.2, 0.25) is 0 Å². The van der Waals surface area contributed by atoms with Gasteiger partial charge in [-0.2, -0.15) is 5.10 Å². The molecule has 6 heteroatoms. The number of nitrogens with two attached hydrogens (primary N) is 1. The number of anilines is 1. The number of carbonyl (C=O) groups excluding carboxylic acids is 1. The summed E-state index contributed by atoms with van der Waals surface area (Å²) < 4.78 is 1.64. The van der Waals surface area contributed by atoms with E-state index in [2.05, 4.69) is 15.4 Å². The Kier molecular flexibility index (Phi) is 3.01. The fourth-order valence-corrected chi connectivity index (χ4v) is 2.75. The highest BCUT2D eigenvalue weighted by atomic mass is 16.1. The highest BCUT2D eigenvalue weighted by Crippen LogP contribution is 2.18. The van der Waals surface area contributed by atoms with Crippen LogP contribution in [-0.4, -0.2) is 20.5 Å². The van der Waals surface area contributed by atoms with Gasteiger partial charge in [-0.1, -0.05) is 12.1 Å². The average Bonchev–Trinajstić information content (AvgIpc) is 3.18. The maximum Gasteiger partial charge on any atom is 0.255 e. The number of amides is 1. The zero-order chi connectivity index (χ0) is 15.8. The largest absolute Gasteiger partial charge is 0.399 e. The molecule has 0 atom stereocenters. The molecule has 0 unspecified atom stereocenters. The molecule has 23 heavy (non-hydrogen) atoms. The number of H-pyrrole nitrogens is 1. The summed E-state index contributed by atoms with van der Waals surface area (Å²) in [5, 5.41) is 8.23. The molecular formula is C17H15N5O. The van der Waals surface area contributed by atoms with Crippen LogP contribution in [0.15, 0.2) is 55.0 Å². The summed E-state index contributed by atoms with van der Waals surface area (Å²) in [7, 11) is 0. The Labute approximate surface area is 131 Å². The molecule has 0 spiro atoms. The van der Waals surface area contributed by atoms with Gasteiger partial charge in [-0.15, -0.1) is 0 Å². The van der Waals surface area contributed by atoms with E-state index >= 15 is 0 Å². The van der Waals surface area contributed by atoms with Crippen molar-refractivity contribution in [2.75, 3.05) is 5.73 Å². The molecule has 4 N–H and O–H groups in total. The maximum atomic E-state index is 12.5. The van der Waals surface area contributed by atoms with Crippen molar-refractivity contribution >= 4 is 28.0 Å². The normalized spacial score (nSPS) is 11.1. The second-order valence-electron chi connectivity index (χ2n) is 5.39. The van der Waals surface area contributed by atoms with E-state index in [1.807, 2.05) is 30.5 Å². The van der Waals surface area contributed by atoms with E-state index < -0.39 is 0 Å². The Morgan fingerprint density at radius 3 is 3.13 bits per heavy atom. The van der Waals surface area contributed by atoms with Gasteiger partial charge in [0.25, 0.3) is 5.91 Å². The lowest BCUT2D eigenvalue weighted by atomic mass is 10.1. The van der Waals surface area contributed by atoms with E-state index in [1.54, 1.807) is 29.0 Å². The molecular weight excluding hydrogens is 290 g/mol. The van der Waals surface area contributed by atoms with Crippen molar-refractivity contribution in [2.24, 2.45) is 0 Å². The number of nitrogens with one attached hydrogen (secondary N) is 2. The van der Waals surface area contributed by atoms with Crippen molar-refractivity contribution in [2.45, 2.75) is 6.54 Å². The summed E-state index contributed by atoms with van der Waals surface area (Å²) in [4.78, 5) is 15.6. The van der Waals surface area contributed by atoms with Gasteiger partial charge in [0.2, 0.25) is 0 Å². The number of fused-ring (bicyclic) bond motifs is 2. The first-order valence-electron chi connectivity index (χ1n) is 7.28. The number of carbonyl (C=O) groups is 1. The molecule has 6 nitrogen and oxygen atoms in total. The number of benzene rings is 1. The van der Waals surface area contributed by atoms with Crippen molar-refractivity contribution in [3.63, 3.8) is 0 Å². The minimum absolute atomic E-state index is 0.168. The zero-order valence-electron chi connectivity index (χ0n) is 12.3. The number of hydrogen-bond acceptors (Lipinski definition) is 3. The molecule has 114 valence electrons. The average molecular weight is 305 g/mol. The van der Waals surface area contributed by atoms with Crippen molar-refractivity contribution in [1.82, 2.24) is 19.9 Å². The molecule has 3 heterocycles. The van der Waals surface area contributed by atoms with Crippen LogP contribution < -0.4 is 11.1 Å². The van der Waals surface area contributed by atoms with Crippen LogP contribution in [0.4, 0.5) is 5.69 Å². The van der Waals surface area contributed by atoms with Crippen LogP contribution in [0.5, 0.6) is 0 Å². The van der Waals surface area contributed by atoms with Crippen LogP contribution in [0.25, 0.3) is 16.4 Å². The van der Waals surface area contributed by atoms with E-state index in [-0.39, 0.29) is 5.91 Å². The van der Waals surface area contributed by atoms with Gasteiger partial charge < -0.3 is 16.0 Å². The summed E-state index contributed by atoms with van der Waals surface area (Å²) in [6.07, 6.45) is 5.19. The van der Waals surface area contributed by atoms with Crippen molar-refractivity contribution < 1.29 is 4.79 Å². The van der Waals surface area contributed by atoms with Gasteiger partial charge in [-0.05, 0) is 29.8 Å². The van der Waals surface area contributed by atoms with Gasteiger partial charge in [0.15, 0.2) is 0 Å². The highest BCUT2D eigenvalue weighted by molar-refractivity contribution is 6.01. The zero-order valence-corrected chi connectivity index (χ0v) is 12.3. The van der Waals surface area contributed by atoms with E-state index in [4.69, 9.17) is 5.73 Å². The highest BCUT2D eigenvalue weighted by Gasteiger charge is 2.13. The number of nitrogens with zero attached hydrogens (tertiary/aromatic N) is 2. The number of hydrogen-bond donors (Lipinski definition) is 3. The van der Waals surface area contributed by atoms with E-state index in [0.717, 1.165) is 16.5 Å². The van der Waals surface area contributed by atoms with Gasteiger partial charge in [0, 0.05) is 35.5 Å². The predicted octanol–water partition coefficient (Wildman–Crippen LogP) is 2.33. The second kappa shape index (κ2) is 5.17. The Balaban J connectivity index is 1.60. The fraction of sp³-hybridized carbons (Fsp3) is 0.0588. The molecule has 0 bridgehead atoms. The van der Waals surface area contributed by atoms with Crippen LogP contribution in [0, 0.1) is 0 Å². The van der Waals surface area contributed by atoms with Gasteiger partial charge in [0.1, 0.15) is 0 Å². The first kappa shape index (κ1) is 13.4. The Hall–Kier alpha value is -3.28. The molecule has 0 radical (unpaired) electrons. The topological polar surface area (TPSA) is 88.2 Å². The predicted molar refractivity (Wildman–Crippen MR) is 89.1 cm³/mol. The number of aromatic amines is 1. The summed E-state index contributed by atoms with van der Waals surface area (Å²) in [6.45, 7) is 0.452. The third-order valence-electron chi connectivity index (χ3n) is 3.91. The monoisotopic (exact) mass is 305 g/mol. The summed E-state index contributed by atoms with van der Waals surface area (Å²) in [5.41, 5.74) is 9.72. The van der Waals surface area contributed by atoms with Crippen LogP contribution >= 0.6 is 0 Å². The molecule has 0 aliphatic rings. The third-order valence-corrected chi connectivity index (χ3v) is 3.91. The summed E-state index contributed by atoms with van der Waals surface area (Å²) in [6, 6.07) is 11.5. The summed E-state index contributed by atoms with van der Waals surface area (Å²) >= 11 is 0. The lowest BCUT2D eigenvalue weighted by molar-refractivity contribution is 0.0952. The van der Waals surface area contributed by atoms with Crippen LogP contribution in [0.1, 0.15) is 15.9 Å². The molecule has 0 aliphatic carbocycles. The van der Waals surface area contributed by atoms with E-state index in [1.165, 1.54) is 0 Å². The Morgan fingerprint density at radius 1 is 1.30 bits per heavy atom. The van der Waals surface area contributed by atoms with Crippen LogP contribution in [0.3, 0.4) is 0 Å². The minimum atomic E-state index is -0.168. The second-order valence-corrected chi connectivity index (χ2v) is 5.39. The van der Waals surface area contributed by atoms with E-state index in [9.17, 15) is 4.79 Å². The number of nitrogen functional groups attached to an aromatic ring is 1. The minimum Gasteiger partial charge on any atom is -0.399 e. The molecule has 0 aliphatic heterocycles. The molecule has 4 rings (SSSR count). The molecule has 3 aromatic heterocycles. The standard InChI is InChI=1S/C17H15N5O/c18-12-5-7-22-16(8-12)14(10-21-22)17(23)20-9-11-2-1-3-15-13(11)4-6-19-15/h1-8,10,19H,9,18H2,(H,20,23). The van der Waals surface area contributed by atoms with E-state index in [0.29, 0.717) is 23.3 Å². The first-order chi connectivity index (χ1) is 11.2. The van der Waals surface area contributed by atoms with Gasteiger partial charge in [-0.3, -0.25) is 4.79 Å². The lowest BCUT2D eigenvalue weighted by Crippen LogP contribution is -2.22. The van der Waals surface area contributed by atoms with Crippen LogP contribution in [-0.2, 0) is 6.54 Å². The van der Waals surface area contributed by atoms with Crippen molar-refractivity contribution in [3.05, 3.63) is 66.1 Å². The SMILES string of the molecule is Nc1ccn2ncc(C(=O)NCc3cccc4[nH]ccc34)c2c1. The molecule has 4 aromatic rings. The molecule has 0 fully saturated rings. The number of aromatic nitrogens is 3. The summed E-state index contributed by atoms with van der Waals surface area (Å²) in [5.74, 6) is -0.168. The number of pyridine rings is 1. The first-order valence-corrected chi connectivity index (χ1v) is 7.28. The van der Waals surface area contributed by atoms with Crippen molar-refractivity contribution in [3.8, 4) is 0 Å². The lowest BCUT2D eigenvalue weighted by Gasteiger charge is -2.06. The van der Waals surface area contributed by atoms with Gasteiger partial charge in [-0.25, -0.2) is 4.52 Å². The van der Waals surface area contributed by atoms with Gasteiger partial charge >= 0.3 is 0 Å². The van der Waals surface area contributed by atoms with Gasteiger partial charge in [0.05, 0.1) is 17.3 Å². The molecule has 0 saturated heterocycles. The number of rotatable bonds is 3.